The molecule has 0 amide bonds. The van der Waals surface area contributed by atoms with Crippen molar-refractivity contribution in [3.63, 3.8) is 0 Å². The summed E-state index contributed by atoms with van der Waals surface area (Å²) in [6.07, 6.45) is 1.96. The maximum Gasteiger partial charge on any atom is 0.0446 e. The van der Waals surface area contributed by atoms with Crippen LogP contribution in [0.5, 0.6) is 0 Å². The van der Waals surface area contributed by atoms with Gasteiger partial charge in [0.1, 0.15) is 0 Å². The lowest BCUT2D eigenvalue weighted by Gasteiger charge is -2.37. The van der Waals surface area contributed by atoms with E-state index in [0.717, 1.165) is 19.4 Å². The fourth-order valence-electron chi connectivity index (χ4n) is 1.33. The van der Waals surface area contributed by atoms with Gasteiger partial charge in [0.05, 0.1) is 0 Å². The minimum atomic E-state index is 0.241. The lowest BCUT2D eigenvalue weighted by molar-refractivity contribution is 0.129. The van der Waals surface area contributed by atoms with Gasteiger partial charge in [0, 0.05) is 24.7 Å². The Hall–Kier alpha value is -0.120. The molecule has 0 fully saturated rings. The maximum absolute atomic E-state index is 8.88. The average Bonchev–Trinajstić information content (AvgIpc) is 2.16. The second kappa shape index (κ2) is 6.38. The maximum atomic E-state index is 8.88. The zero-order valence-electron chi connectivity index (χ0n) is 10.3. The number of nitrogens with one attached hydrogen (secondary N) is 1. The Morgan fingerprint density at radius 1 is 1.43 bits per heavy atom. The summed E-state index contributed by atoms with van der Waals surface area (Å²) in [6, 6.07) is 0.385. The zero-order valence-corrected chi connectivity index (χ0v) is 10.3. The molecule has 86 valence electrons. The van der Waals surface area contributed by atoms with Gasteiger partial charge in [-0.2, -0.15) is 0 Å². The van der Waals surface area contributed by atoms with Crippen molar-refractivity contribution in [3.05, 3.63) is 0 Å². The Labute approximate surface area is 88.5 Å². The van der Waals surface area contributed by atoms with E-state index >= 15 is 0 Å². The number of aliphatic hydroxyl groups excluding tert-OH is 1. The molecule has 0 aromatic rings. The van der Waals surface area contributed by atoms with Gasteiger partial charge in [-0.05, 0) is 40.8 Å². The highest BCUT2D eigenvalue weighted by molar-refractivity contribution is 4.80. The van der Waals surface area contributed by atoms with E-state index in [-0.39, 0.29) is 12.1 Å². The summed E-state index contributed by atoms with van der Waals surface area (Å²) in [5.74, 6) is 0. The summed E-state index contributed by atoms with van der Waals surface area (Å²) in [5.41, 5.74) is 0.241. The molecule has 0 aromatic carbocycles. The Morgan fingerprint density at radius 2 is 2.00 bits per heavy atom. The second-order valence-corrected chi connectivity index (χ2v) is 4.54. The lowest BCUT2D eigenvalue weighted by atomic mass is 9.99. The number of hydrogen-bond acceptors (Lipinski definition) is 3. The Kier molecular flexibility index (Phi) is 6.33. The highest BCUT2D eigenvalue weighted by Gasteiger charge is 2.22. The minimum absolute atomic E-state index is 0.241. The SMILES string of the molecule is CCC(C)(C)N(C)CC(CCO)NC. The fraction of sp³-hybridized carbons (Fsp3) is 1.00. The van der Waals surface area contributed by atoms with Crippen molar-refractivity contribution in [3.8, 4) is 0 Å². The second-order valence-electron chi connectivity index (χ2n) is 4.54. The third kappa shape index (κ3) is 4.40. The summed E-state index contributed by atoms with van der Waals surface area (Å²) in [4.78, 5) is 2.35. The molecule has 0 aliphatic heterocycles. The van der Waals surface area contributed by atoms with Crippen LogP contribution in [0.2, 0.25) is 0 Å². The van der Waals surface area contributed by atoms with E-state index in [1.54, 1.807) is 0 Å². The number of hydrogen-bond donors (Lipinski definition) is 2. The van der Waals surface area contributed by atoms with Crippen LogP contribution in [-0.4, -0.2) is 48.8 Å². The van der Waals surface area contributed by atoms with Crippen LogP contribution in [0.3, 0.4) is 0 Å². The molecule has 0 aliphatic rings. The fourth-order valence-corrected chi connectivity index (χ4v) is 1.33. The quantitative estimate of drug-likeness (QED) is 0.648. The van der Waals surface area contributed by atoms with Crippen molar-refractivity contribution < 1.29 is 5.11 Å². The van der Waals surface area contributed by atoms with E-state index < -0.39 is 0 Å². The van der Waals surface area contributed by atoms with Crippen LogP contribution in [0, 0.1) is 0 Å². The van der Waals surface area contributed by atoms with Crippen molar-refractivity contribution in [2.24, 2.45) is 0 Å². The van der Waals surface area contributed by atoms with Crippen LogP contribution in [0.15, 0.2) is 0 Å². The molecule has 3 nitrogen and oxygen atoms in total. The number of rotatable bonds is 7. The van der Waals surface area contributed by atoms with Gasteiger partial charge < -0.3 is 10.4 Å². The van der Waals surface area contributed by atoms with E-state index in [2.05, 4.69) is 38.0 Å². The third-order valence-electron chi connectivity index (χ3n) is 3.28. The Bertz CT molecular complexity index is 148. The standard InChI is InChI=1S/C11H26N2O/c1-6-11(2,3)13(5)9-10(12-4)7-8-14/h10,12,14H,6-9H2,1-5H3. The van der Waals surface area contributed by atoms with Gasteiger partial charge in [-0.1, -0.05) is 6.92 Å². The monoisotopic (exact) mass is 202 g/mol. The van der Waals surface area contributed by atoms with Crippen LogP contribution in [0.1, 0.15) is 33.6 Å². The summed E-state index contributed by atoms with van der Waals surface area (Å²) >= 11 is 0. The number of nitrogens with zero attached hydrogens (tertiary/aromatic N) is 1. The molecule has 1 unspecified atom stereocenters. The van der Waals surface area contributed by atoms with Crippen molar-refractivity contribution in [1.82, 2.24) is 10.2 Å². The topological polar surface area (TPSA) is 35.5 Å². The van der Waals surface area contributed by atoms with Crippen LogP contribution >= 0.6 is 0 Å². The van der Waals surface area contributed by atoms with E-state index in [1.807, 2.05) is 7.05 Å². The molecule has 2 N–H and O–H groups in total. The van der Waals surface area contributed by atoms with Gasteiger partial charge in [0.2, 0.25) is 0 Å². The Morgan fingerprint density at radius 3 is 2.36 bits per heavy atom. The molecule has 0 heterocycles. The molecular weight excluding hydrogens is 176 g/mol. The first-order valence-electron chi connectivity index (χ1n) is 5.47. The van der Waals surface area contributed by atoms with Gasteiger partial charge >= 0.3 is 0 Å². The summed E-state index contributed by atoms with van der Waals surface area (Å²) in [6.45, 7) is 7.94. The van der Waals surface area contributed by atoms with Crippen molar-refractivity contribution in [1.29, 1.82) is 0 Å². The number of aliphatic hydroxyl groups is 1. The molecule has 0 rings (SSSR count). The largest absolute Gasteiger partial charge is 0.396 e. The van der Waals surface area contributed by atoms with Gasteiger partial charge in [0.15, 0.2) is 0 Å². The Balaban J connectivity index is 4.07. The van der Waals surface area contributed by atoms with Crippen LogP contribution < -0.4 is 5.32 Å². The first-order chi connectivity index (χ1) is 6.47. The first-order valence-corrected chi connectivity index (χ1v) is 5.47. The summed E-state index contributed by atoms with van der Waals surface area (Å²) in [7, 11) is 4.10. The third-order valence-corrected chi connectivity index (χ3v) is 3.28. The molecular formula is C11H26N2O. The van der Waals surface area contributed by atoms with Gasteiger partial charge in [-0.15, -0.1) is 0 Å². The van der Waals surface area contributed by atoms with E-state index in [9.17, 15) is 0 Å². The lowest BCUT2D eigenvalue weighted by Crippen LogP contribution is -2.47. The zero-order chi connectivity index (χ0) is 11.2. The highest BCUT2D eigenvalue weighted by atomic mass is 16.3. The summed E-state index contributed by atoms with van der Waals surface area (Å²) < 4.78 is 0. The van der Waals surface area contributed by atoms with Gasteiger partial charge in [-0.25, -0.2) is 0 Å². The molecule has 0 saturated carbocycles. The predicted octanol–water partition coefficient (Wildman–Crippen LogP) is 1.08. The number of likely N-dealkylation sites (N-methyl/N-ethyl adjacent to an activating group) is 2. The van der Waals surface area contributed by atoms with Crippen LogP contribution in [0.4, 0.5) is 0 Å². The van der Waals surface area contributed by atoms with E-state index in [1.165, 1.54) is 0 Å². The van der Waals surface area contributed by atoms with Crippen LogP contribution in [0.25, 0.3) is 0 Å². The highest BCUT2D eigenvalue weighted by Crippen LogP contribution is 2.16. The van der Waals surface area contributed by atoms with E-state index in [0.29, 0.717) is 6.04 Å². The van der Waals surface area contributed by atoms with Crippen molar-refractivity contribution in [2.45, 2.75) is 45.2 Å². The average molecular weight is 202 g/mol. The molecule has 0 bridgehead atoms. The molecule has 0 aromatic heterocycles. The minimum Gasteiger partial charge on any atom is -0.396 e. The van der Waals surface area contributed by atoms with Crippen LogP contribution in [-0.2, 0) is 0 Å². The summed E-state index contributed by atoms with van der Waals surface area (Å²) in [5, 5.41) is 12.1. The molecule has 14 heavy (non-hydrogen) atoms. The molecule has 0 aliphatic carbocycles. The first kappa shape index (κ1) is 13.9. The molecule has 1 atom stereocenters. The van der Waals surface area contributed by atoms with E-state index in [4.69, 9.17) is 5.11 Å². The molecule has 0 spiro atoms. The van der Waals surface area contributed by atoms with Crippen molar-refractivity contribution >= 4 is 0 Å². The van der Waals surface area contributed by atoms with Gasteiger partial charge in [0.25, 0.3) is 0 Å². The molecule has 0 saturated heterocycles. The van der Waals surface area contributed by atoms with Gasteiger partial charge in [-0.3, -0.25) is 4.90 Å². The predicted molar refractivity (Wildman–Crippen MR) is 61.6 cm³/mol. The normalized spacial score (nSPS) is 14.8. The smallest absolute Gasteiger partial charge is 0.0446 e. The molecule has 0 radical (unpaired) electrons. The molecule has 3 heteroatoms. The van der Waals surface area contributed by atoms with Crippen molar-refractivity contribution in [2.75, 3.05) is 27.2 Å².